The van der Waals surface area contributed by atoms with Crippen molar-refractivity contribution in [3.05, 3.63) is 64.9 Å². The highest BCUT2D eigenvalue weighted by molar-refractivity contribution is 7.15. The molecule has 3 aromatic rings. The molecule has 0 unspecified atom stereocenters. The molecule has 2 amide bonds. The fourth-order valence-electron chi connectivity index (χ4n) is 2.21. The number of nitrogens with one attached hydrogen (secondary N) is 2. The fraction of sp³-hybridized carbons (Fsp3) is 0.167. The lowest BCUT2D eigenvalue weighted by Gasteiger charge is -2.06. The van der Waals surface area contributed by atoms with Crippen molar-refractivity contribution in [3.63, 3.8) is 0 Å². The van der Waals surface area contributed by atoms with E-state index in [0.717, 1.165) is 16.3 Å². The van der Waals surface area contributed by atoms with E-state index in [2.05, 4.69) is 20.8 Å². The molecule has 0 aliphatic carbocycles. The van der Waals surface area contributed by atoms with Gasteiger partial charge in [-0.2, -0.15) is 0 Å². The second-order valence-electron chi connectivity index (χ2n) is 5.34. The van der Waals surface area contributed by atoms with E-state index >= 15 is 0 Å². The number of carbonyl (C=O) groups is 1. The quantitative estimate of drug-likeness (QED) is 0.676. The summed E-state index contributed by atoms with van der Waals surface area (Å²) in [6.07, 6.45) is 0.528. The van der Waals surface area contributed by atoms with Gasteiger partial charge in [0, 0.05) is 12.1 Å². The van der Waals surface area contributed by atoms with Gasteiger partial charge in [-0.1, -0.05) is 23.5 Å². The Labute approximate surface area is 154 Å². The highest BCUT2D eigenvalue weighted by atomic mass is 32.1. The predicted octanol–water partition coefficient (Wildman–Crippen LogP) is 4.31. The zero-order valence-electron chi connectivity index (χ0n) is 14.0. The molecule has 0 saturated heterocycles. The van der Waals surface area contributed by atoms with Crippen LogP contribution in [-0.2, 0) is 6.42 Å². The average Bonchev–Trinajstić information content (AvgIpc) is 3.05. The van der Waals surface area contributed by atoms with Crippen LogP contribution in [0.2, 0.25) is 0 Å². The van der Waals surface area contributed by atoms with Crippen molar-refractivity contribution in [1.82, 2.24) is 10.2 Å². The van der Waals surface area contributed by atoms with Crippen molar-refractivity contribution in [1.29, 1.82) is 0 Å². The molecular formula is C18H17FN4O2S. The Bertz CT molecular complexity index is 866. The van der Waals surface area contributed by atoms with Crippen LogP contribution in [0.15, 0.2) is 48.5 Å². The number of amides is 2. The lowest BCUT2D eigenvalue weighted by atomic mass is 10.2. The van der Waals surface area contributed by atoms with Gasteiger partial charge in [-0.25, -0.2) is 9.18 Å². The summed E-state index contributed by atoms with van der Waals surface area (Å²) in [6, 6.07) is 12.9. The number of carbonyl (C=O) groups excluding carboxylic acids is 1. The molecule has 0 atom stereocenters. The van der Waals surface area contributed by atoms with Crippen molar-refractivity contribution in [2.45, 2.75) is 13.3 Å². The fourth-order valence-corrected chi connectivity index (χ4v) is 2.98. The second-order valence-corrected chi connectivity index (χ2v) is 6.40. The Morgan fingerprint density at radius 1 is 1.08 bits per heavy atom. The SMILES string of the molecule is CCOc1ccc(NC(=O)Nc2nnc(Cc3ccc(F)cc3)s2)cc1. The summed E-state index contributed by atoms with van der Waals surface area (Å²) in [5.41, 5.74) is 1.56. The molecule has 3 rings (SSSR count). The van der Waals surface area contributed by atoms with Crippen LogP contribution in [-0.4, -0.2) is 22.8 Å². The van der Waals surface area contributed by atoms with E-state index in [1.165, 1.54) is 23.5 Å². The lowest BCUT2D eigenvalue weighted by Crippen LogP contribution is -2.19. The molecule has 0 aliphatic heterocycles. The summed E-state index contributed by atoms with van der Waals surface area (Å²) >= 11 is 1.27. The van der Waals surface area contributed by atoms with Crippen molar-refractivity contribution in [3.8, 4) is 5.75 Å². The number of aromatic nitrogens is 2. The largest absolute Gasteiger partial charge is 0.494 e. The van der Waals surface area contributed by atoms with Crippen LogP contribution >= 0.6 is 11.3 Å². The van der Waals surface area contributed by atoms with E-state index in [4.69, 9.17) is 4.74 Å². The third-order valence-electron chi connectivity index (χ3n) is 3.38. The maximum absolute atomic E-state index is 12.9. The van der Waals surface area contributed by atoms with Crippen molar-refractivity contribution in [2.75, 3.05) is 17.2 Å². The monoisotopic (exact) mass is 372 g/mol. The molecule has 1 aromatic heterocycles. The molecule has 134 valence electrons. The first-order valence-corrected chi connectivity index (χ1v) is 8.81. The van der Waals surface area contributed by atoms with Crippen LogP contribution in [0, 0.1) is 5.82 Å². The summed E-state index contributed by atoms with van der Waals surface area (Å²) in [7, 11) is 0. The Hall–Kier alpha value is -3.00. The van der Waals surface area contributed by atoms with Gasteiger partial charge in [0.05, 0.1) is 6.61 Å². The Morgan fingerprint density at radius 3 is 2.50 bits per heavy atom. The molecule has 0 bridgehead atoms. The van der Waals surface area contributed by atoms with Gasteiger partial charge < -0.3 is 10.1 Å². The number of ether oxygens (including phenoxy) is 1. The summed E-state index contributed by atoms with van der Waals surface area (Å²) in [4.78, 5) is 12.0. The van der Waals surface area contributed by atoms with Crippen LogP contribution in [0.5, 0.6) is 5.75 Å². The van der Waals surface area contributed by atoms with Gasteiger partial charge >= 0.3 is 6.03 Å². The molecule has 0 spiro atoms. The van der Waals surface area contributed by atoms with E-state index in [9.17, 15) is 9.18 Å². The first kappa shape index (κ1) is 17.8. The minimum absolute atomic E-state index is 0.278. The third-order valence-corrected chi connectivity index (χ3v) is 4.22. The van der Waals surface area contributed by atoms with Crippen LogP contribution < -0.4 is 15.4 Å². The van der Waals surface area contributed by atoms with Gasteiger partial charge in [0.1, 0.15) is 16.6 Å². The topological polar surface area (TPSA) is 76.1 Å². The number of halogens is 1. The van der Waals surface area contributed by atoms with Crippen molar-refractivity contribution in [2.24, 2.45) is 0 Å². The zero-order valence-corrected chi connectivity index (χ0v) is 14.8. The minimum Gasteiger partial charge on any atom is -0.494 e. The van der Waals surface area contributed by atoms with Gasteiger partial charge in [0.25, 0.3) is 0 Å². The minimum atomic E-state index is -0.404. The van der Waals surface area contributed by atoms with Crippen LogP contribution in [0.25, 0.3) is 0 Å². The lowest BCUT2D eigenvalue weighted by molar-refractivity contribution is 0.262. The molecule has 0 fully saturated rings. The number of nitrogens with zero attached hydrogens (tertiary/aromatic N) is 2. The maximum Gasteiger partial charge on any atom is 0.325 e. The first-order valence-electron chi connectivity index (χ1n) is 8.00. The van der Waals surface area contributed by atoms with E-state index in [-0.39, 0.29) is 5.82 Å². The molecule has 2 N–H and O–H groups in total. The summed E-state index contributed by atoms with van der Waals surface area (Å²) < 4.78 is 18.3. The van der Waals surface area contributed by atoms with Gasteiger partial charge in [0.2, 0.25) is 5.13 Å². The average molecular weight is 372 g/mol. The smallest absolute Gasteiger partial charge is 0.325 e. The zero-order chi connectivity index (χ0) is 18.4. The van der Waals surface area contributed by atoms with Gasteiger partial charge in [-0.05, 0) is 48.9 Å². The molecule has 26 heavy (non-hydrogen) atoms. The summed E-state index contributed by atoms with van der Waals surface area (Å²) in [5, 5.41) is 14.5. The number of hydrogen-bond donors (Lipinski definition) is 2. The third kappa shape index (κ3) is 5.00. The maximum atomic E-state index is 12.9. The van der Waals surface area contributed by atoms with E-state index in [1.807, 2.05) is 6.92 Å². The van der Waals surface area contributed by atoms with Crippen LogP contribution in [0.1, 0.15) is 17.5 Å². The molecule has 1 heterocycles. The molecule has 6 nitrogen and oxygen atoms in total. The molecule has 0 radical (unpaired) electrons. The highest BCUT2D eigenvalue weighted by Crippen LogP contribution is 2.20. The number of rotatable bonds is 6. The van der Waals surface area contributed by atoms with Gasteiger partial charge in [0.15, 0.2) is 0 Å². The Balaban J connectivity index is 1.54. The van der Waals surface area contributed by atoms with E-state index in [0.29, 0.717) is 23.8 Å². The molecule has 0 aliphatic rings. The summed E-state index contributed by atoms with van der Waals surface area (Å²) in [5.74, 6) is 0.465. The van der Waals surface area contributed by atoms with E-state index < -0.39 is 6.03 Å². The standard InChI is InChI=1S/C18H17FN4O2S/c1-2-25-15-9-7-14(8-10-15)20-17(24)21-18-23-22-16(26-18)11-12-3-5-13(19)6-4-12/h3-10H,2,11H2,1H3,(H2,20,21,23,24). The highest BCUT2D eigenvalue weighted by Gasteiger charge is 2.09. The van der Waals surface area contributed by atoms with Crippen LogP contribution in [0.4, 0.5) is 20.0 Å². The number of urea groups is 1. The second kappa shape index (κ2) is 8.39. The first-order chi connectivity index (χ1) is 12.6. The molecule has 0 saturated carbocycles. The summed E-state index contributed by atoms with van der Waals surface area (Å²) in [6.45, 7) is 2.50. The number of benzene rings is 2. The van der Waals surface area contributed by atoms with Gasteiger partial charge in [-0.3, -0.25) is 5.32 Å². The molecular weight excluding hydrogens is 355 g/mol. The number of hydrogen-bond acceptors (Lipinski definition) is 5. The predicted molar refractivity (Wildman–Crippen MR) is 99.4 cm³/mol. The normalized spacial score (nSPS) is 10.4. The molecule has 8 heteroatoms. The van der Waals surface area contributed by atoms with Gasteiger partial charge in [-0.15, -0.1) is 10.2 Å². The van der Waals surface area contributed by atoms with Crippen molar-refractivity contribution < 1.29 is 13.9 Å². The molecule has 2 aromatic carbocycles. The van der Waals surface area contributed by atoms with E-state index in [1.54, 1.807) is 36.4 Å². The Morgan fingerprint density at radius 2 is 1.81 bits per heavy atom. The van der Waals surface area contributed by atoms with Crippen molar-refractivity contribution >= 4 is 28.2 Å². The Kier molecular flexibility index (Phi) is 5.75. The number of anilines is 2. The van der Waals surface area contributed by atoms with Crippen LogP contribution in [0.3, 0.4) is 0 Å².